The largest absolute Gasteiger partial charge is 0.480 e. The topological polar surface area (TPSA) is 67.1 Å². The standard InChI is InChI=1S/C14H24N4O/c1-3-18-14-7-5-11-10(4-6-13(14)16-17-18)12(11)8-19-9(2)15/h10-12,16-17H,2-8,15H2,1H3/p+1. The van der Waals surface area contributed by atoms with Gasteiger partial charge in [-0.25, -0.2) is 5.43 Å². The number of nitrogens with zero attached hydrogens (tertiary/aromatic N) is 1. The van der Waals surface area contributed by atoms with Gasteiger partial charge in [0.05, 0.1) is 12.3 Å². The summed E-state index contributed by atoms with van der Waals surface area (Å²) in [6, 6.07) is 0. The molecule has 1 saturated carbocycles. The number of rotatable bonds is 4. The molecule has 5 heteroatoms. The molecule has 3 rings (SSSR count). The Morgan fingerprint density at radius 3 is 2.89 bits per heavy atom. The van der Waals surface area contributed by atoms with Crippen molar-refractivity contribution in [2.75, 3.05) is 13.2 Å². The van der Waals surface area contributed by atoms with Gasteiger partial charge in [-0.3, -0.25) is 5.01 Å². The van der Waals surface area contributed by atoms with Crippen LogP contribution >= 0.6 is 0 Å². The molecule has 1 heterocycles. The third-order valence-electron chi connectivity index (χ3n) is 4.84. The van der Waals surface area contributed by atoms with E-state index in [2.05, 4.69) is 29.5 Å². The molecule has 0 bridgehead atoms. The van der Waals surface area contributed by atoms with E-state index in [1.165, 1.54) is 37.1 Å². The fraction of sp³-hybridized carbons (Fsp3) is 0.714. The van der Waals surface area contributed by atoms with Crippen molar-refractivity contribution in [2.24, 2.45) is 23.5 Å². The van der Waals surface area contributed by atoms with Crippen LogP contribution < -0.4 is 16.7 Å². The van der Waals surface area contributed by atoms with E-state index < -0.39 is 0 Å². The monoisotopic (exact) mass is 265 g/mol. The van der Waals surface area contributed by atoms with Crippen LogP contribution in [0, 0.1) is 17.8 Å². The second-order valence-corrected chi connectivity index (χ2v) is 5.84. The van der Waals surface area contributed by atoms with E-state index in [4.69, 9.17) is 10.5 Å². The summed E-state index contributed by atoms with van der Waals surface area (Å²) in [7, 11) is 0. The molecule has 0 aromatic rings. The maximum absolute atomic E-state index is 5.49. The van der Waals surface area contributed by atoms with E-state index >= 15 is 0 Å². The molecule has 5 nitrogen and oxygen atoms in total. The average molecular weight is 265 g/mol. The minimum atomic E-state index is 0.356. The molecule has 3 aliphatic rings. The Hall–Kier alpha value is -1.20. The first-order valence-corrected chi connectivity index (χ1v) is 7.36. The third kappa shape index (κ3) is 2.44. The lowest BCUT2D eigenvalue weighted by molar-refractivity contribution is -0.678. The number of hydrogen-bond donors (Lipinski definition) is 3. The second-order valence-electron chi connectivity index (χ2n) is 5.84. The zero-order valence-corrected chi connectivity index (χ0v) is 11.7. The van der Waals surface area contributed by atoms with Crippen molar-refractivity contribution in [3.63, 3.8) is 0 Å². The summed E-state index contributed by atoms with van der Waals surface area (Å²) in [6.07, 6.45) is 4.94. The first-order valence-electron chi connectivity index (χ1n) is 7.36. The van der Waals surface area contributed by atoms with Gasteiger partial charge in [0.15, 0.2) is 5.88 Å². The second kappa shape index (κ2) is 5.06. The zero-order valence-electron chi connectivity index (χ0n) is 11.7. The molecule has 3 atom stereocenters. The molecule has 0 amide bonds. The van der Waals surface area contributed by atoms with Gasteiger partial charge in [-0.05, 0) is 50.5 Å². The van der Waals surface area contributed by atoms with Gasteiger partial charge in [0.25, 0.3) is 0 Å². The summed E-state index contributed by atoms with van der Waals surface area (Å²) in [5.74, 6) is 2.71. The summed E-state index contributed by atoms with van der Waals surface area (Å²) in [4.78, 5) is 0. The van der Waals surface area contributed by atoms with Crippen LogP contribution in [0.2, 0.25) is 0 Å². The maximum atomic E-state index is 5.49. The van der Waals surface area contributed by atoms with Gasteiger partial charge in [0.1, 0.15) is 5.70 Å². The van der Waals surface area contributed by atoms with Gasteiger partial charge in [0, 0.05) is 13.0 Å². The molecule has 0 saturated heterocycles. The van der Waals surface area contributed by atoms with Gasteiger partial charge in [-0.15, -0.1) is 0 Å². The lowest BCUT2D eigenvalue weighted by Crippen LogP contribution is -2.90. The van der Waals surface area contributed by atoms with E-state index in [0.717, 1.165) is 25.0 Å². The van der Waals surface area contributed by atoms with Crippen molar-refractivity contribution in [3.05, 3.63) is 23.9 Å². The number of ether oxygens (including phenoxy) is 1. The molecule has 0 aromatic heterocycles. The van der Waals surface area contributed by atoms with Crippen molar-refractivity contribution < 1.29 is 10.2 Å². The number of allylic oxidation sites excluding steroid dienone is 2. The number of quaternary nitrogens is 1. The van der Waals surface area contributed by atoms with Crippen LogP contribution in [0.5, 0.6) is 0 Å². The highest BCUT2D eigenvalue weighted by Gasteiger charge is 2.50. The van der Waals surface area contributed by atoms with Crippen LogP contribution in [0.3, 0.4) is 0 Å². The quantitative estimate of drug-likeness (QED) is 0.508. The molecular formula is C14H25N4O+. The van der Waals surface area contributed by atoms with Gasteiger partial charge in [-0.2, -0.15) is 0 Å². The summed E-state index contributed by atoms with van der Waals surface area (Å²) in [5.41, 5.74) is 14.1. The summed E-state index contributed by atoms with van der Waals surface area (Å²) in [6.45, 7) is 7.59. The van der Waals surface area contributed by atoms with Crippen molar-refractivity contribution in [3.8, 4) is 0 Å². The molecule has 0 radical (unpaired) electrons. The first-order chi connectivity index (χ1) is 9.20. The molecule has 19 heavy (non-hydrogen) atoms. The molecule has 3 unspecified atom stereocenters. The number of nitrogens with one attached hydrogen (secondary N) is 1. The van der Waals surface area contributed by atoms with Gasteiger partial charge in [0.2, 0.25) is 0 Å². The number of hydrogen-bond acceptors (Lipinski definition) is 4. The highest BCUT2D eigenvalue weighted by molar-refractivity contribution is 5.12. The van der Waals surface area contributed by atoms with E-state index in [-0.39, 0.29) is 0 Å². The van der Waals surface area contributed by atoms with Gasteiger partial charge in [-0.1, -0.05) is 5.53 Å². The Bertz CT molecular complexity index is 406. The zero-order chi connectivity index (χ0) is 13.4. The number of hydrazine groups is 1. The Kier molecular flexibility index (Phi) is 3.41. The highest BCUT2D eigenvalue weighted by atomic mass is 16.5. The van der Waals surface area contributed by atoms with Crippen LogP contribution in [-0.2, 0) is 4.74 Å². The molecule has 0 spiro atoms. The third-order valence-corrected chi connectivity index (χ3v) is 4.84. The molecule has 106 valence electrons. The van der Waals surface area contributed by atoms with Crippen molar-refractivity contribution in [1.82, 2.24) is 10.5 Å². The predicted octanol–water partition coefficient (Wildman–Crippen LogP) is 0.399. The summed E-state index contributed by atoms with van der Waals surface area (Å²) < 4.78 is 5.41. The number of nitrogens with two attached hydrogens (primary N) is 2. The van der Waals surface area contributed by atoms with Crippen LogP contribution in [-0.4, -0.2) is 18.2 Å². The fourth-order valence-corrected chi connectivity index (χ4v) is 3.74. The van der Waals surface area contributed by atoms with Crippen LogP contribution in [0.25, 0.3) is 0 Å². The smallest absolute Gasteiger partial charge is 0.176 e. The van der Waals surface area contributed by atoms with Crippen LogP contribution in [0.15, 0.2) is 23.9 Å². The average Bonchev–Trinajstić information content (AvgIpc) is 2.87. The van der Waals surface area contributed by atoms with Crippen LogP contribution in [0.4, 0.5) is 0 Å². The minimum absolute atomic E-state index is 0.356. The van der Waals surface area contributed by atoms with Crippen molar-refractivity contribution in [1.29, 1.82) is 0 Å². The molecule has 1 aliphatic heterocycles. The molecule has 0 aromatic carbocycles. The Morgan fingerprint density at radius 1 is 1.47 bits per heavy atom. The summed E-state index contributed by atoms with van der Waals surface area (Å²) >= 11 is 0. The first kappa shape index (κ1) is 12.8. The normalized spacial score (nSPS) is 33.3. The lowest BCUT2D eigenvalue weighted by atomic mass is 10.0. The molecular weight excluding hydrogens is 240 g/mol. The Labute approximate surface area is 114 Å². The van der Waals surface area contributed by atoms with Gasteiger partial charge < -0.3 is 10.5 Å². The maximum Gasteiger partial charge on any atom is 0.176 e. The fourth-order valence-electron chi connectivity index (χ4n) is 3.74. The van der Waals surface area contributed by atoms with Gasteiger partial charge >= 0.3 is 0 Å². The minimum Gasteiger partial charge on any atom is -0.480 e. The number of fused-ring (bicyclic) bond motifs is 1. The molecule has 1 fully saturated rings. The lowest BCUT2D eigenvalue weighted by Gasteiger charge is -2.16. The van der Waals surface area contributed by atoms with Crippen molar-refractivity contribution in [2.45, 2.75) is 32.6 Å². The van der Waals surface area contributed by atoms with E-state index in [1.807, 2.05) is 0 Å². The van der Waals surface area contributed by atoms with Crippen molar-refractivity contribution >= 4 is 0 Å². The Morgan fingerprint density at radius 2 is 2.21 bits per heavy atom. The van der Waals surface area contributed by atoms with E-state index in [9.17, 15) is 0 Å². The SMILES string of the molecule is C=C(N)OCC1C2CCC3=C(CCC21)N(CC)N[NH2+]3. The van der Waals surface area contributed by atoms with Crippen LogP contribution in [0.1, 0.15) is 32.6 Å². The van der Waals surface area contributed by atoms with E-state index in [0.29, 0.717) is 11.8 Å². The van der Waals surface area contributed by atoms with E-state index in [1.54, 1.807) is 0 Å². The Balaban J connectivity index is 1.58. The predicted molar refractivity (Wildman–Crippen MR) is 72.7 cm³/mol. The molecule has 2 aliphatic carbocycles. The molecule has 5 N–H and O–H groups in total. The highest BCUT2D eigenvalue weighted by Crippen LogP contribution is 2.54. The summed E-state index contributed by atoms with van der Waals surface area (Å²) in [5, 5.41) is 2.28.